The van der Waals surface area contributed by atoms with Crippen LogP contribution in [0.5, 0.6) is 0 Å². The van der Waals surface area contributed by atoms with E-state index in [1.54, 1.807) is 24.3 Å². The summed E-state index contributed by atoms with van der Waals surface area (Å²) in [5.41, 5.74) is 6.13. The molecule has 120 valence electrons. The molecule has 0 aliphatic carbocycles. The van der Waals surface area contributed by atoms with E-state index in [2.05, 4.69) is 10.3 Å². The van der Waals surface area contributed by atoms with Gasteiger partial charge in [-0.2, -0.15) is 0 Å². The first-order valence-electron chi connectivity index (χ1n) is 7.66. The minimum Gasteiger partial charge on any atom is -0.298 e. The molecule has 5 heteroatoms. The molecule has 3 aromatic carbocycles. The van der Waals surface area contributed by atoms with Crippen LogP contribution in [-0.4, -0.2) is 22.9 Å². The van der Waals surface area contributed by atoms with Crippen LogP contribution in [0.1, 0.15) is 20.7 Å². The molecule has 4 rings (SSSR count). The van der Waals surface area contributed by atoms with Crippen molar-refractivity contribution in [3.8, 4) is 22.3 Å². The van der Waals surface area contributed by atoms with Gasteiger partial charge in [-0.3, -0.25) is 9.59 Å². The Hall–Kier alpha value is -3.60. The van der Waals surface area contributed by atoms with E-state index >= 15 is 0 Å². The molecule has 0 spiro atoms. The molecule has 0 aliphatic rings. The lowest BCUT2D eigenvalue weighted by molar-refractivity contribution is 0.111. The van der Waals surface area contributed by atoms with Crippen molar-refractivity contribution in [2.24, 2.45) is 0 Å². The molecule has 1 heterocycles. The molecule has 0 radical (unpaired) electrons. The van der Waals surface area contributed by atoms with Gasteiger partial charge in [-0.25, -0.2) is 4.63 Å². The number of carbonyl (C=O) groups is 2. The zero-order chi connectivity index (χ0) is 17.2. The van der Waals surface area contributed by atoms with E-state index in [0.29, 0.717) is 22.2 Å². The molecule has 5 nitrogen and oxygen atoms in total. The van der Waals surface area contributed by atoms with E-state index in [1.807, 2.05) is 36.4 Å². The molecule has 0 atom stereocenters. The molecule has 25 heavy (non-hydrogen) atoms. The van der Waals surface area contributed by atoms with Crippen molar-refractivity contribution in [2.75, 3.05) is 0 Å². The van der Waals surface area contributed by atoms with E-state index < -0.39 is 0 Å². The third-order valence-corrected chi connectivity index (χ3v) is 4.13. The van der Waals surface area contributed by atoms with Crippen molar-refractivity contribution in [2.45, 2.75) is 0 Å². The highest BCUT2D eigenvalue weighted by Gasteiger charge is 2.14. The highest BCUT2D eigenvalue weighted by atomic mass is 16.6. The molecule has 0 bridgehead atoms. The van der Waals surface area contributed by atoms with Crippen LogP contribution in [0.15, 0.2) is 65.3 Å². The molecule has 0 aliphatic heterocycles. The van der Waals surface area contributed by atoms with Crippen molar-refractivity contribution in [3.63, 3.8) is 0 Å². The molecule has 0 N–H and O–H groups in total. The van der Waals surface area contributed by atoms with Crippen molar-refractivity contribution in [1.82, 2.24) is 10.3 Å². The number of aromatic nitrogens is 2. The Morgan fingerprint density at radius 2 is 1.00 bits per heavy atom. The first-order valence-corrected chi connectivity index (χ1v) is 7.66. The second-order valence-corrected chi connectivity index (χ2v) is 5.60. The van der Waals surface area contributed by atoms with Crippen LogP contribution in [-0.2, 0) is 0 Å². The van der Waals surface area contributed by atoms with Gasteiger partial charge >= 0.3 is 0 Å². The SMILES string of the molecule is O=Cc1ccc(-c2ccc(-c3ccc(C=O)cc3)c3nonc23)cc1. The predicted molar refractivity (Wildman–Crippen MR) is 93.5 cm³/mol. The fourth-order valence-corrected chi connectivity index (χ4v) is 2.81. The number of benzene rings is 3. The lowest BCUT2D eigenvalue weighted by Gasteiger charge is -2.06. The normalized spacial score (nSPS) is 10.7. The lowest BCUT2D eigenvalue weighted by Crippen LogP contribution is -1.87. The Morgan fingerprint density at radius 1 is 0.600 bits per heavy atom. The van der Waals surface area contributed by atoms with Gasteiger partial charge in [0.25, 0.3) is 0 Å². The van der Waals surface area contributed by atoms with Crippen molar-refractivity contribution in [1.29, 1.82) is 0 Å². The number of rotatable bonds is 4. The largest absolute Gasteiger partial charge is 0.298 e. The van der Waals surface area contributed by atoms with Gasteiger partial charge in [0.15, 0.2) is 0 Å². The molecular weight excluding hydrogens is 316 g/mol. The zero-order valence-electron chi connectivity index (χ0n) is 13.0. The first kappa shape index (κ1) is 15.0. The topological polar surface area (TPSA) is 73.1 Å². The summed E-state index contributed by atoms with van der Waals surface area (Å²) in [6.45, 7) is 0. The van der Waals surface area contributed by atoms with Gasteiger partial charge < -0.3 is 0 Å². The number of carbonyl (C=O) groups excluding carboxylic acids is 2. The molecular formula is C20H12N2O3. The molecule has 4 aromatic rings. The van der Waals surface area contributed by atoms with Gasteiger partial charge in [-0.15, -0.1) is 0 Å². The van der Waals surface area contributed by atoms with Crippen LogP contribution in [0.25, 0.3) is 33.3 Å². The van der Waals surface area contributed by atoms with Gasteiger partial charge in [0.1, 0.15) is 23.6 Å². The molecule has 0 saturated heterocycles. The van der Waals surface area contributed by atoms with Gasteiger partial charge in [-0.1, -0.05) is 60.7 Å². The maximum Gasteiger partial charge on any atom is 0.150 e. The van der Waals surface area contributed by atoms with E-state index in [1.165, 1.54) is 0 Å². The second kappa shape index (κ2) is 6.13. The quantitative estimate of drug-likeness (QED) is 0.525. The standard InChI is InChI=1S/C20H12N2O3/c23-11-13-1-5-15(6-2-13)17-9-10-18(20-19(17)21-25-22-20)16-7-3-14(12-24)4-8-16/h1-12H. The summed E-state index contributed by atoms with van der Waals surface area (Å²) in [6, 6.07) is 18.4. The Bertz CT molecular complexity index is 979. The summed E-state index contributed by atoms with van der Waals surface area (Å²) in [5, 5.41) is 8.09. The van der Waals surface area contributed by atoms with E-state index in [-0.39, 0.29) is 0 Å². The number of hydrogen-bond donors (Lipinski definition) is 0. The van der Waals surface area contributed by atoms with E-state index in [9.17, 15) is 9.59 Å². The number of nitrogens with zero attached hydrogens (tertiary/aromatic N) is 2. The minimum atomic E-state index is 0.616. The Kier molecular flexibility index (Phi) is 3.67. The summed E-state index contributed by atoms with van der Waals surface area (Å²) < 4.78 is 4.97. The zero-order valence-corrected chi connectivity index (χ0v) is 13.0. The molecule has 1 aromatic heterocycles. The molecule has 0 fully saturated rings. The summed E-state index contributed by atoms with van der Waals surface area (Å²) in [6.07, 6.45) is 1.62. The van der Waals surface area contributed by atoms with Crippen molar-refractivity contribution < 1.29 is 14.2 Å². The van der Waals surface area contributed by atoms with Crippen LogP contribution in [0.4, 0.5) is 0 Å². The van der Waals surface area contributed by atoms with Crippen molar-refractivity contribution in [3.05, 3.63) is 71.8 Å². The Labute approximate surface area is 142 Å². The average molecular weight is 328 g/mol. The van der Waals surface area contributed by atoms with Crippen LogP contribution in [0.2, 0.25) is 0 Å². The monoisotopic (exact) mass is 328 g/mol. The van der Waals surface area contributed by atoms with Crippen molar-refractivity contribution >= 4 is 23.6 Å². The smallest absolute Gasteiger partial charge is 0.150 e. The van der Waals surface area contributed by atoms with Gasteiger partial charge in [-0.05, 0) is 21.4 Å². The number of aldehydes is 2. The van der Waals surface area contributed by atoms with Crippen LogP contribution < -0.4 is 0 Å². The maximum absolute atomic E-state index is 10.8. The summed E-state index contributed by atoms with van der Waals surface area (Å²) >= 11 is 0. The van der Waals surface area contributed by atoms with Gasteiger partial charge in [0.05, 0.1) is 0 Å². The highest BCUT2D eigenvalue weighted by Crippen LogP contribution is 2.33. The average Bonchev–Trinajstić information content (AvgIpc) is 3.17. The first-order chi connectivity index (χ1) is 12.3. The van der Waals surface area contributed by atoms with Crippen LogP contribution >= 0.6 is 0 Å². The Morgan fingerprint density at radius 3 is 1.36 bits per heavy atom. The highest BCUT2D eigenvalue weighted by molar-refractivity contribution is 6.00. The molecule has 0 unspecified atom stereocenters. The second-order valence-electron chi connectivity index (χ2n) is 5.60. The fraction of sp³-hybridized carbons (Fsp3) is 0. The predicted octanol–water partition coefficient (Wildman–Crippen LogP) is 4.18. The van der Waals surface area contributed by atoms with E-state index in [0.717, 1.165) is 34.8 Å². The summed E-state index contributed by atoms with van der Waals surface area (Å²) in [7, 11) is 0. The Balaban J connectivity index is 1.85. The van der Waals surface area contributed by atoms with Crippen LogP contribution in [0, 0.1) is 0 Å². The number of hydrogen-bond acceptors (Lipinski definition) is 5. The fourth-order valence-electron chi connectivity index (χ4n) is 2.81. The molecule has 0 saturated carbocycles. The molecule has 0 amide bonds. The van der Waals surface area contributed by atoms with Gasteiger partial charge in [0.2, 0.25) is 0 Å². The number of fused-ring (bicyclic) bond motifs is 1. The lowest BCUT2D eigenvalue weighted by atomic mass is 9.97. The van der Waals surface area contributed by atoms with Gasteiger partial charge in [0, 0.05) is 22.3 Å². The summed E-state index contributed by atoms with van der Waals surface area (Å²) in [5.74, 6) is 0. The summed E-state index contributed by atoms with van der Waals surface area (Å²) in [4.78, 5) is 21.6. The van der Waals surface area contributed by atoms with E-state index in [4.69, 9.17) is 4.63 Å². The third kappa shape index (κ3) is 2.61. The van der Waals surface area contributed by atoms with Crippen LogP contribution in [0.3, 0.4) is 0 Å². The maximum atomic E-state index is 10.8. The third-order valence-electron chi connectivity index (χ3n) is 4.13. The minimum absolute atomic E-state index is 0.616.